The summed E-state index contributed by atoms with van der Waals surface area (Å²) >= 11 is 1.44. The summed E-state index contributed by atoms with van der Waals surface area (Å²) in [4.78, 5) is 23.2. The zero-order valence-electron chi connectivity index (χ0n) is 80.9. The van der Waals surface area contributed by atoms with Gasteiger partial charge in [-0.3, -0.25) is 0 Å². The summed E-state index contributed by atoms with van der Waals surface area (Å²) in [7, 11) is 0. The van der Waals surface area contributed by atoms with Crippen molar-refractivity contribution in [3.63, 3.8) is 0 Å². The highest BCUT2D eigenvalue weighted by molar-refractivity contribution is 7.99. The molecule has 688 valence electrons. The number of quaternary nitrogens is 2. The fraction of sp³-hybridized carbons (Fsp3) is 0.873. The van der Waals surface area contributed by atoms with E-state index < -0.39 is 11.9 Å². The van der Waals surface area contributed by atoms with Crippen LogP contribution in [-0.2, 0) is 0 Å². The minimum atomic E-state index is -0.956. The highest BCUT2D eigenvalue weighted by Crippen LogP contribution is 2.30. The van der Waals surface area contributed by atoms with Crippen LogP contribution in [0.3, 0.4) is 0 Å². The van der Waals surface area contributed by atoms with E-state index in [-0.39, 0.29) is 11.1 Å². The van der Waals surface area contributed by atoms with Crippen LogP contribution in [0.5, 0.6) is 0 Å². The van der Waals surface area contributed by atoms with Gasteiger partial charge in [0.05, 0.1) is 63.5 Å². The van der Waals surface area contributed by atoms with Crippen molar-refractivity contribution in [2.75, 3.05) is 52.4 Å². The second kappa shape index (κ2) is 92.8. The molecule has 0 saturated heterocycles. The van der Waals surface area contributed by atoms with E-state index in [0.717, 1.165) is 9.79 Å². The number of carbonyl (C=O) groups is 2. The molecule has 0 aliphatic carbocycles. The predicted molar refractivity (Wildman–Crippen MR) is 525 cm³/mol. The number of hydrogen-bond acceptors (Lipinski definition) is 3. The average molecular weight is 1660 g/mol. The second-order valence-corrected chi connectivity index (χ2v) is 38.8. The van der Waals surface area contributed by atoms with E-state index in [0.29, 0.717) is 0 Å². The Balaban J connectivity index is 0.00000187. The molecule has 0 unspecified atom stereocenters. The molecule has 117 heavy (non-hydrogen) atoms. The van der Waals surface area contributed by atoms with Crippen molar-refractivity contribution in [2.24, 2.45) is 0 Å². The van der Waals surface area contributed by atoms with Crippen LogP contribution in [0.4, 0.5) is 0 Å². The molecule has 0 atom stereocenters. The zero-order chi connectivity index (χ0) is 85.1. The molecule has 0 fully saturated rings. The fourth-order valence-corrected chi connectivity index (χ4v) is 19.1. The van der Waals surface area contributed by atoms with E-state index in [2.05, 4.69) is 55.4 Å². The Labute approximate surface area is 738 Å². The minimum Gasteiger partial charge on any atom is -0.478 e. The highest BCUT2D eigenvalue weighted by atomic mass is 32.2. The number of rotatable bonds is 92. The van der Waals surface area contributed by atoms with E-state index in [1.807, 2.05) is 0 Å². The molecular formula is C110H210N2O4S+2. The first kappa shape index (κ1) is 115. The number of aromatic carboxylic acids is 2. The average Bonchev–Trinajstić information content (AvgIpc) is 0.886. The first-order chi connectivity index (χ1) is 57.5. The minimum absolute atomic E-state index is 0.241. The summed E-state index contributed by atoms with van der Waals surface area (Å²) in [6.45, 7) is 30.6. The number of unbranched alkanes of at least 4 members (excludes halogenated alkanes) is 72. The molecule has 0 spiro atoms. The van der Waals surface area contributed by atoms with E-state index in [1.54, 1.807) is 24.3 Å². The third kappa shape index (κ3) is 79.3. The van der Waals surface area contributed by atoms with Crippen LogP contribution in [0.25, 0.3) is 0 Å². The molecule has 2 aromatic carbocycles. The van der Waals surface area contributed by atoms with Crippen LogP contribution in [0.1, 0.15) is 590 Å². The normalized spacial score (nSPS) is 11.7. The Kier molecular flexibility index (Phi) is 91.0. The lowest BCUT2D eigenvalue weighted by Gasteiger charge is -2.40. The van der Waals surface area contributed by atoms with E-state index in [1.165, 1.54) is 611 Å². The third-order valence-electron chi connectivity index (χ3n) is 26.3. The Hall–Kier alpha value is -2.35. The smallest absolute Gasteiger partial charge is 0.335 e. The summed E-state index contributed by atoms with van der Waals surface area (Å²) in [6, 6.07) is 13.0. The predicted octanol–water partition coefficient (Wildman–Crippen LogP) is 38.2. The van der Waals surface area contributed by atoms with Gasteiger partial charge in [-0.15, -0.1) is 0 Å². The van der Waals surface area contributed by atoms with Gasteiger partial charge in [0.25, 0.3) is 0 Å². The van der Waals surface area contributed by atoms with Crippen LogP contribution < -0.4 is 0 Å². The van der Waals surface area contributed by atoms with E-state index >= 15 is 0 Å². The Morgan fingerprint density at radius 3 is 0.385 bits per heavy atom. The van der Waals surface area contributed by atoms with Crippen molar-refractivity contribution >= 4 is 23.7 Å². The largest absolute Gasteiger partial charge is 0.478 e. The SMILES string of the molecule is CCCCCCCCCCCC[N+](CCCCCCCCCCCC)(CCCCCCCCCCCC)CCCCCCCCCCCC.CCCCCCCCCCCC[N+](CCCCCCCCCCCC)(CCCCCCCCCCCC)CCCCCCCCCCCC.O=C(O)c1ccc(Sc2ccc(C(=O)O)cc2)cc1. The number of carboxylic acids is 2. The highest BCUT2D eigenvalue weighted by Gasteiger charge is 2.28. The molecular weight excluding hydrogens is 1450 g/mol. The molecule has 0 bridgehead atoms. The molecule has 0 heterocycles. The molecule has 7 heteroatoms. The standard InChI is InChI=1S/2C48H100N.C14H10O4S/c2*1-5-9-13-17-21-25-29-33-37-41-45-49(46-42-38-34-30-26-22-18-14-10-6-2,47-43-39-35-31-27-23-19-15-11-7-3)48-44-40-36-32-28-24-20-16-12-8-4;15-13(16)9-1-5-11(6-2-9)19-12-7-3-10(4-8-12)14(17)18/h2*5-48H2,1-4H3;1-8H,(H,15,16)(H,17,18)/q2*+1;. The summed E-state index contributed by atoms with van der Waals surface area (Å²) in [5, 5.41) is 17.6. The lowest BCUT2D eigenvalue weighted by atomic mass is 10.0. The Morgan fingerprint density at radius 2 is 0.282 bits per heavy atom. The van der Waals surface area contributed by atoms with Crippen molar-refractivity contribution in [3.8, 4) is 0 Å². The molecule has 0 radical (unpaired) electrons. The number of carboxylic acid groups (broad SMARTS) is 2. The second-order valence-electron chi connectivity index (χ2n) is 37.7. The maximum atomic E-state index is 10.7. The Bertz CT molecular complexity index is 1890. The van der Waals surface area contributed by atoms with Gasteiger partial charge in [0.1, 0.15) is 0 Å². The van der Waals surface area contributed by atoms with E-state index in [9.17, 15) is 9.59 Å². The monoisotopic (exact) mass is 1660 g/mol. The number of nitrogens with zero attached hydrogens (tertiary/aromatic N) is 2. The van der Waals surface area contributed by atoms with Gasteiger partial charge in [-0.25, -0.2) is 9.59 Å². The summed E-state index contributed by atoms with van der Waals surface area (Å²) in [5.41, 5.74) is 0.483. The molecule has 2 rings (SSSR count). The third-order valence-corrected chi connectivity index (χ3v) is 27.3. The summed E-state index contributed by atoms with van der Waals surface area (Å²) in [5.74, 6) is -1.91. The molecule has 0 aromatic heterocycles. The molecule has 0 amide bonds. The van der Waals surface area contributed by atoms with Gasteiger partial charge in [0, 0.05) is 9.79 Å². The quantitative estimate of drug-likeness (QED) is 0.0510. The summed E-state index contributed by atoms with van der Waals surface area (Å²) in [6.07, 6.45) is 117. The number of hydrogen-bond donors (Lipinski definition) is 2. The van der Waals surface area contributed by atoms with Crippen molar-refractivity contribution in [1.82, 2.24) is 0 Å². The van der Waals surface area contributed by atoms with Crippen LogP contribution >= 0.6 is 11.8 Å². The van der Waals surface area contributed by atoms with Gasteiger partial charge in [-0.1, -0.05) is 478 Å². The zero-order valence-corrected chi connectivity index (χ0v) is 81.7. The maximum absolute atomic E-state index is 10.7. The fourth-order valence-electron chi connectivity index (χ4n) is 18.3. The van der Waals surface area contributed by atoms with Crippen LogP contribution in [0.15, 0.2) is 58.3 Å². The van der Waals surface area contributed by atoms with Gasteiger partial charge < -0.3 is 19.2 Å². The van der Waals surface area contributed by atoms with Gasteiger partial charge in [-0.2, -0.15) is 0 Å². The van der Waals surface area contributed by atoms with Crippen LogP contribution in [0.2, 0.25) is 0 Å². The maximum Gasteiger partial charge on any atom is 0.335 e. The molecule has 2 aromatic rings. The molecule has 2 N–H and O–H groups in total. The first-order valence-corrected chi connectivity index (χ1v) is 54.4. The van der Waals surface area contributed by atoms with Crippen molar-refractivity contribution in [3.05, 3.63) is 59.7 Å². The molecule has 6 nitrogen and oxygen atoms in total. The van der Waals surface area contributed by atoms with Gasteiger partial charge in [0.2, 0.25) is 0 Å². The Morgan fingerprint density at radius 1 is 0.179 bits per heavy atom. The van der Waals surface area contributed by atoms with Crippen molar-refractivity contribution in [2.45, 2.75) is 579 Å². The molecule has 0 saturated carbocycles. The van der Waals surface area contributed by atoms with Gasteiger partial charge in [-0.05, 0) is 151 Å². The topological polar surface area (TPSA) is 74.6 Å². The lowest BCUT2D eigenvalue weighted by Crippen LogP contribution is -2.50. The first-order valence-electron chi connectivity index (χ1n) is 53.6. The van der Waals surface area contributed by atoms with Crippen molar-refractivity contribution in [1.29, 1.82) is 0 Å². The van der Waals surface area contributed by atoms with Gasteiger partial charge in [0.15, 0.2) is 0 Å². The van der Waals surface area contributed by atoms with Crippen LogP contribution in [-0.4, -0.2) is 83.5 Å². The molecule has 0 aliphatic rings. The molecule has 0 aliphatic heterocycles. The van der Waals surface area contributed by atoms with Crippen molar-refractivity contribution < 1.29 is 28.8 Å². The van der Waals surface area contributed by atoms with Gasteiger partial charge >= 0.3 is 11.9 Å². The lowest BCUT2D eigenvalue weighted by molar-refractivity contribution is -0.929. The summed E-state index contributed by atoms with van der Waals surface area (Å²) < 4.78 is 2.98. The van der Waals surface area contributed by atoms with Crippen LogP contribution in [0, 0.1) is 0 Å². The van der Waals surface area contributed by atoms with E-state index in [4.69, 9.17) is 10.2 Å². The number of benzene rings is 2.